The van der Waals surface area contributed by atoms with Crippen molar-refractivity contribution in [3.8, 4) is 0 Å². The van der Waals surface area contributed by atoms with Crippen molar-refractivity contribution in [1.29, 1.82) is 0 Å². The Hall–Kier alpha value is -2.60. The fourth-order valence-electron chi connectivity index (χ4n) is 4.85. The second-order valence-electron chi connectivity index (χ2n) is 8.55. The first-order valence-corrected chi connectivity index (χ1v) is 12.0. The minimum absolute atomic E-state index is 0.502. The molecule has 0 radical (unpaired) electrons. The largest absolute Gasteiger partial charge is 0.0958 e. The Morgan fingerprint density at radius 1 is 1.10 bits per heavy atom. The van der Waals surface area contributed by atoms with Gasteiger partial charge in [0.1, 0.15) is 0 Å². The molecule has 0 heteroatoms. The van der Waals surface area contributed by atoms with Gasteiger partial charge in [0.2, 0.25) is 0 Å². The Kier molecular flexibility index (Phi) is 8.29. The number of aryl methyl sites for hydroxylation is 1. The maximum atomic E-state index is 4.25. The van der Waals surface area contributed by atoms with Crippen molar-refractivity contribution in [3.05, 3.63) is 107 Å². The first-order valence-electron chi connectivity index (χ1n) is 12.0. The lowest BCUT2D eigenvalue weighted by Gasteiger charge is -2.18. The summed E-state index contributed by atoms with van der Waals surface area (Å²) in [5.41, 5.74) is 11.4. The van der Waals surface area contributed by atoms with Crippen molar-refractivity contribution in [2.24, 2.45) is 5.92 Å². The zero-order chi connectivity index (χ0) is 22.2. The van der Waals surface area contributed by atoms with Crippen molar-refractivity contribution in [2.45, 2.75) is 66.2 Å². The summed E-state index contributed by atoms with van der Waals surface area (Å²) in [6.07, 6.45) is 24.5. The van der Waals surface area contributed by atoms with E-state index in [0.717, 1.165) is 38.5 Å². The molecule has 162 valence electrons. The molecular weight excluding hydrogens is 372 g/mol. The van der Waals surface area contributed by atoms with E-state index in [1.54, 1.807) is 5.57 Å². The van der Waals surface area contributed by atoms with Crippen LogP contribution in [0.4, 0.5) is 0 Å². The third-order valence-electron chi connectivity index (χ3n) is 6.58. The van der Waals surface area contributed by atoms with Gasteiger partial charge in [-0.05, 0) is 85.8 Å². The Morgan fingerprint density at radius 2 is 1.94 bits per heavy atom. The van der Waals surface area contributed by atoms with Crippen LogP contribution in [0.1, 0.15) is 76.5 Å². The molecule has 0 spiro atoms. The minimum atomic E-state index is 0.502. The van der Waals surface area contributed by atoms with Crippen molar-refractivity contribution >= 4 is 11.1 Å². The van der Waals surface area contributed by atoms with E-state index in [2.05, 4.69) is 101 Å². The van der Waals surface area contributed by atoms with E-state index in [0.29, 0.717) is 5.92 Å². The number of hydrogen-bond acceptors (Lipinski definition) is 0. The molecule has 0 aromatic heterocycles. The molecule has 31 heavy (non-hydrogen) atoms. The van der Waals surface area contributed by atoms with E-state index in [1.807, 2.05) is 0 Å². The Labute approximate surface area is 190 Å². The lowest BCUT2D eigenvalue weighted by atomic mass is 9.86. The fourth-order valence-corrected chi connectivity index (χ4v) is 4.85. The Morgan fingerprint density at radius 3 is 2.58 bits per heavy atom. The standard InChI is InChI=1S/C31H38/c1-6-24(7-2)19-18-23(5)14-13-15-25-20-21-29-30(22-25)27(8-3)28(9-4)31(29)26-16-11-10-12-17-26/h6,8,10-12,16,18-22,26H,5,7,9,13-15,17H2,1-4H3/b19-18-,24-6-,27-8+. The van der Waals surface area contributed by atoms with Gasteiger partial charge in [-0.15, -0.1) is 0 Å². The first-order chi connectivity index (χ1) is 15.1. The molecule has 1 aromatic carbocycles. The third kappa shape index (κ3) is 5.37. The van der Waals surface area contributed by atoms with Crippen LogP contribution in [-0.4, -0.2) is 0 Å². The number of fused-ring (bicyclic) bond motifs is 1. The van der Waals surface area contributed by atoms with E-state index in [4.69, 9.17) is 0 Å². The highest BCUT2D eigenvalue weighted by molar-refractivity contribution is 6.01. The maximum absolute atomic E-state index is 4.25. The van der Waals surface area contributed by atoms with Gasteiger partial charge in [-0.1, -0.05) is 98.4 Å². The molecule has 3 rings (SSSR count). The van der Waals surface area contributed by atoms with Gasteiger partial charge < -0.3 is 0 Å². The van der Waals surface area contributed by atoms with Crippen LogP contribution < -0.4 is 0 Å². The smallest absolute Gasteiger partial charge is 0.00648 e. The normalized spacial score (nSPS) is 19.7. The topological polar surface area (TPSA) is 0 Å². The van der Waals surface area contributed by atoms with Crippen LogP contribution in [0.15, 0.2) is 90.1 Å². The van der Waals surface area contributed by atoms with E-state index < -0.39 is 0 Å². The van der Waals surface area contributed by atoms with E-state index in [9.17, 15) is 0 Å². The molecule has 0 bridgehead atoms. The highest BCUT2D eigenvalue weighted by Crippen LogP contribution is 2.48. The van der Waals surface area contributed by atoms with Gasteiger partial charge in [-0.3, -0.25) is 0 Å². The van der Waals surface area contributed by atoms with Gasteiger partial charge in [0, 0.05) is 5.92 Å². The van der Waals surface area contributed by atoms with Crippen LogP contribution in [0, 0.1) is 5.92 Å². The van der Waals surface area contributed by atoms with Crippen LogP contribution in [0.25, 0.3) is 11.1 Å². The molecule has 0 saturated carbocycles. The summed E-state index contributed by atoms with van der Waals surface area (Å²) >= 11 is 0. The van der Waals surface area contributed by atoms with Gasteiger partial charge in [0.25, 0.3) is 0 Å². The molecule has 0 amide bonds. The summed E-state index contributed by atoms with van der Waals surface area (Å²) in [5, 5.41) is 0. The molecule has 0 N–H and O–H groups in total. The van der Waals surface area contributed by atoms with Crippen LogP contribution >= 0.6 is 0 Å². The lowest BCUT2D eigenvalue weighted by Crippen LogP contribution is -2.02. The Balaban J connectivity index is 1.72. The maximum Gasteiger partial charge on any atom is 0.00648 e. The SMILES string of the molecule is C=C(/C=C\C(=C/C)CC)CCCc1ccc2c(c1)/C(=C/C)C(CC)=C2C1C=CC=CC1. The van der Waals surface area contributed by atoms with Crippen molar-refractivity contribution in [3.63, 3.8) is 0 Å². The van der Waals surface area contributed by atoms with Gasteiger partial charge in [-0.2, -0.15) is 0 Å². The zero-order valence-corrected chi connectivity index (χ0v) is 19.9. The monoisotopic (exact) mass is 410 g/mol. The summed E-state index contributed by atoms with van der Waals surface area (Å²) < 4.78 is 0. The summed E-state index contributed by atoms with van der Waals surface area (Å²) in [6, 6.07) is 7.18. The van der Waals surface area contributed by atoms with E-state index in [-0.39, 0.29) is 0 Å². The van der Waals surface area contributed by atoms with Crippen LogP contribution in [0.5, 0.6) is 0 Å². The lowest BCUT2D eigenvalue weighted by molar-refractivity contribution is 0.824. The second-order valence-corrected chi connectivity index (χ2v) is 8.55. The molecule has 2 aliphatic carbocycles. The Bertz CT molecular complexity index is 985. The van der Waals surface area contributed by atoms with Crippen LogP contribution in [0.3, 0.4) is 0 Å². The molecule has 0 heterocycles. The van der Waals surface area contributed by atoms with Gasteiger partial charge in [0.05, 0.1) is 0 Å². The molecule has 0 saturated heterocycles. The average Bonchev–Trinajstić information content (AvgIpc) is 3.13. The van der Waals surface area contributed by atoms with Crippen molar-refractivity contribution < 1.29 is 0 Å². The third-order valence-corrected chi connectivity index (χ3v) is 6.58. The van der Waals surface area contributed by atoms with Crippen LogP contribution in [-0.2, 0) is 6.42 Å². The summed E-state index contributed by atoms with van der Waals surface area (Å²) in [6.45, 7) is 13.0. The molecule has 1 aromatic rings. The predicted molar refractivity (Wildman–Crippen MR) is 139 cm³/mol. The summed E-state index contributed by atoms with van der Waals surface area (Å²) in [5.74, 6) is 0.502. The fraction of sp³-hybridized carbons (Fsp3) is 0.355. The highest BCUT2D eigenvalue weighted by atomic mass is 14.3. The van der Waals surface area contributed by atoms with E-state index >= 15 is 0 Å². The number of rotatable bonds is 9. The quantitative estimate of drug-likeness (QED) is 0.356. The molecule has 1 unspecified atom stereocenters. The molecule has 0 fully saturated rings. The van der Waals surface area contributed by atoms with Crippen molar-refractivity contribution in [2.75, 3.05) is 0 Å². The number of benzene rings is 1. The first kappa shape index (κ1) is 23.1. The second kappa shape index (κ2) is 11.1. The van der Waals surface area contributed by atoms with Gasteiger partial charge >= 0.3 is 0 Å². The number of allylic oxidation sites excluding steroid dienone is 13. The predicted octanol–water partition coefficient (Wildman–Crippen LogP) is 9.19. The molecular formula is C31H38. The number of hydrogen-bond donors (Lipinski definition) is 0. The molecule has 2 aliphatic rings. The molecule has 0 nitrogen and oxygen atoms in total. The zero-order valence-electron chi connectivity index (χ0n) is 19.9. The minimum Gasteiger partial charge on any atom is -0.0958 e. The average molecular weight is 411 g/mol. The van der Waals surface area contributed by atoms with Gasteiger partial charge in [-0.25, -0.2) is 0 Å². The molecule has 1 atom stereocenters. The summed E-state index contributed by atoms with van der Waals surface area (Å²) in [7, 11) is 0. The van der Waals surface area contributed by atoms with Crippen LogP contribution in [0.2, 0.25) is 0 Å². The summed E-state index contributed by atoms with van der Waals surface area (Å²) in [4.78, 5) is 0. The van der Waals surface area contributed by atoms with Gasteiger partial charge in [0.15, 0.2) is 0 Å². The molecule has 0 aliphatic heterocycles. The highest BCUT2D eigenvalue weighted by Gasteiger charge is 2.28. The van der Waals surface area contributed by atoms with Crippen molar-refractivity contribution in [1.82, 2.24) is 0 Å². The van der Waals surface area contributed by atoms with E-state index in [1.165, 1.54) is 39.0 Å².